The predicted molar refractivity (Wildman–Crippen MR) is 124 cm³/mol. The van der Waals surface area contributed by atoms with Gasteiger partial charge in [-0.2, -0.15) is 0 Å². The average molecular weight is 439 g/mol. The third kappa shape index (κ3) is 5.85. The number of carbonyl (C=O) groups is 2. The van der Waals surface area contributed by atoms with E-state index in [1.165, 1.54) is 12.1 Å². The zero-order valence-electron chi connectivity index (χ0n) is 18.4. The second-order valence-corrected chi connectivity index (χ2v) is 8.59. The fraction of sp³-hybridized carbons (Fsp3) is 0.440. The highest BCUT2D eigenvalue weighted by molar-refractivity contribution is 5.92. The van der Waals surface area contributed by atoms with Gasteiger partial charge >= 0.3 is 0 Å². The first-order chi connectivity index (χ1) is 15.6. The lowest BCUT2D eigenvalue weighted by Gasteiger charge is -2.37. The number of amides is 2. The van der Waals surface area contributed by atoms with Crippen molar-refractivity contribution < 1.29 is 14.0 Å². The maximum atomic E-state index is 13.1. The Hall–Kier alpha value is -2.93. The Kier molecular flexibility index (Phi) is 7.37. The first-order valence-electron chi connectivity index (χ1n) is 11.4. The number of likely N-dealkylation sites (tertiary alicyclic amines) is 1. The van der Waals surface area contributed by atoms with Crippen molar-refractivity contribution in [2.24, 2.45) is 5.92 Å². The highest BCUT2D eigenvalue weighted by atomic mass is 19.1. The van der Waals surface area contributed by atoms with Crippen LogP contribution in [-0.2, 0) is 9.59 Å². The molecule has 1 N–H and O–H groups in total. The van der Waals surface area contributed by atoms with Crippen LogP contribution in [0.5, 0.6) is 0 Å². The van der Waals surface area contributed by atoms with Crippen LogP contribution in [0.3, 0.4) is 0 Å². The Balaban J connectivity index is 1.20. The highest BCUT2D eigenvalue weighted by Crippen LogP contribution is 2.20. The Morgan fingerprint density at radius 2 is 1.66 bits per heavy atom. The number of nitrogens with one attached hydrogen (secondary N) is 1. The molecule has 0 bridgehead atoms. The molecular formula is C25H31FN4O2. The minimum Gasteiger partial charge on any atom is -0.368 e. The number of anilines is 2. The van der Waals surface area contributed by atoms with Crippen molar-refractivity contribution in [2.75, 3.05) is 56.0 Å². The normalized spacial score (nSPS) is 19.6. The van der Waals surface area contributed by atoms with Crippen LogP contribution in [0.15, 0.2) is 54.6 Å². The minimum atomic E-state index is -0.236. The van der Waals surface area contributed by atoms with E-state index in [0.717, 1.165) is 43.9 Å². The van der Waals surface area contributed by atoms with E-state index in [4.69, 9.17) is 0 Å². The lowest BCUT2D eigenvalue weighted by atomic mass is 9.97. The summed E-state index contributed by atoms with van der Waals surface area (Å²) >= 11 is 0. The summed E-state index contributed by atoms with van der Waals surface area (Å²) in [5.74, 6) is -0.0536. The molecule has 2 aliphatic rings. The van der Waals surface area contributed by atoms with Crippen molar-refractivity contribution in [1.82, 2.24) is 9.80 Å². The van der Waals surface area contributed by atoms with E-state index in [0.29, 0.717) is 32.6 Å². The van der Waals surface area contributed by atoms with Crippen LogP contribution in [0.25, 0.3) is 0 Å². The zero-order valence-corrected chi connectivity index (χ0v) is 18.4. The molecule has 6 nitrogen and oxygen atoms in total. The van der Waals surface area contributed by atoms with Gasteiger partial charge in [-0.15, -0.1) is 0 Å². The van der Waals surface area contributed by atoms with Crippen molar-refractivity contribution in [3.05, 3.63) is 60.4 Å². The van der Waals surface area contributed by atoms with Gasteiger partial charge in [0.1, 0.15) is 5.82 Å². The van der Waals surface area contributed by atoms with Crippen LogP contribution in [0.4, 0.5) is 15.8 Å². The van der Waals surface area contributed by atoms with E-state index in [1.807, 2.05) is 35.2 Å². The first kappa shape index (κ1) is 22.3. The van der Waals surface area contributed by atoms with Crippen molar-refractivity contribution in [2.45, 2.75) is 19.3 Å². The molecule has 1 unspecified atom stereocenters. The number of para-hydroxylation sites is 1. The Morgan fingerprint density at radius 1 is 0.938 bits per heavy atom. The molecule has 2 heterocycles. The summed E-state index contributed by atoms with van der Waals surface area (Å²) in [6, 6.07) is 16.1. The molecule has 2 aromatic carbocycles. The van der Waals surface area contributed by atoms with Crippen LogP contribution < -0.4 is 10.2 Å². The lowest BCUT2D eigenvalue weighted by molar-refractivity contribution is -0.131. The third-order valence-electron chi connectivity index (χ3n) is 6.38. The Morgan fingerprint density at radius 3 is 2.38 bits per heavy atom. The molecule has 0 saturated carbocycles. The fourth-order valence-corrected chi connectivity index (χ4v) is 4.52. The molecule has 32 heavy (non-hydrogen) atoms. The van der Waals surface area contributed by atoms with Crippen LogP contribution in [-0.4, -0.2) is 67.4 Å². The van der Waals surface area contributed by atoms with Gasteiger partial charge in [-0.3, -0.25) is 9.59 Å². The van der Waals surface area contributed by atoms with Gasteiger partial charge in [-0.25, -0.2) is 4.39 Å². The molecule has 170 valence electrons. The maximum absolute atomic E-state index is 13.1. The average Bonchev–Trinajstić information content (AvgIpc) is 2.84. The second kappa shape index (κ2) is 10.6. The van der Waals surface area contributed by atoms with E-state index in [-0.39, 0.29) is 23.5 Å². The molecule has 2 fully saturated rings. The summed E-state index contributed by atoms with van der Waals surface area (Å²) in [4.78, 5) is 31.7. The Bertz CT molecular complexity index is 898. The molecule has 2 saturated heterocycles. The van der Waals surface area contributed by atoms with E-state index < -0.39 is 0 Å². The van der Waals surface area contributed by atoms with Crippen molar-refractivity contribution in [3.8, 4) is 0 Å². The molecule has 7 heteroatoms. The van der Waals surface area contributed by atoms with Gasteiger partial charge in [0.25, 0.3) is 0 Å². The molecule has 0 aromatic heterocycles. The van der Waals surface area contributed by atoms with Gasteiger partial charge in [-0.05, 0) is 55.8 Å². The van der Waals surface area contributed by atoms with E-state index >= 15 is 0 Å². The van der Waals surface area contributed by atoms with Crippen LogP contribution in [0.1, 0.15) is 19.3 Å². The quantitative estimate of drug-likeness (QED) is 0.753. The molecule has 0 radical (unpaired) electrons. The molecule has 0 aliphatic carbocycles. The lowest BCUT2D eigenvalue weighted by Crippen LogP contribution is -2.49. The number of halogens is 1. The zero-order chi connectivity index (χ0) is 22.3. The maximum Gasteiger partial charge on any atom is 0.228 e. The molecule has 0 spiro atoms. The molecule has 2 amide bonds. The van der Waals surface area contributed by atoms with Gasteiger partial charge in [0.05, 0.1) is 5.92 Å². The number of piperazine rings is 1. The number of rotatable bonds is 6. The van der Waals surface area contributed by atoms with Gasteiger partial charge in [0.15, 0.2) is 0 Å². The molecule has 2 aliphatic heterocycles. The molecule has 2 aromatic rings. The summed E-state index contributed by atoms with van der Waals surface area (Å²) < 4.78 is 13.1. The van der Waals surface area contributed by atoms with Gasteiger partial charge in [-0.1, -0.05) is 18.2 Å². The number of hydrogen-bond donors (Lipinski definition) is 1. The number of benzene rings is 2. The predicted octanol–water partition coefficient (Wildman–Crippen LogP) is 3.22. The second-order valence-electron chi connectivity index (χ2n) is 8.59. The largest absolute Gasteiger partial charge is 0.368 e. The topological polar surface area (TPSA) is 55.9 Å². The van der Waals surface area contributed by atoms with Gasteiger partial charge in [0, 0.05) is 57.1 Å². The fourth-order valence-electron chi connectivity index (χ4n) is 4.52. The molecule has 4 rings (SSSR count). The summed E-state index contributed by atoms with van der Waals surface area (Å²) in [6.07, 6.45) is 2.33. The van der Waals surface area contributed by atoms with Crippen LogP contribution >= 0.6 is 0 Å². The number of piperidine rings is 1. The van der Waals surface area contributed by atoms with E-state index in [1.54, 1.807) is 12.1 Å². The van der Waals surface area contributed by atoms with Crippen LogP contribution in [0.2, 0.25) is 0 Å². The number of hydrogen-bond acceptors (Lipinski definition) is 4. The van der Waals surface area contributed by atoms with Crippen molar-refractivity contribution >= 4 is 23.2 Å². The van der Waals surface area contributed by atoms with Gasteiger partial charge in [0.2, 0.25) is 11.8 Å². The molecular weight excluding hydrogens is 407 g/mol. The third-order valence-corrected chi connectivity index (χ3v) is 6.38. The monoisotopic (exact) mass is 438 g/mol. The highest BCUT2D eigenvalue weighted by Gasteiger charge is 2.27. The summed E-state index contributed by atoms with van der Waals surface area (Å²) in [7, 11) is 0. The summed E-state index contributed by atoms with van der Waals surface area (Å²) in [5, 5.41) is 3.00. The van der Waals surface area contributed by atoms with Crippen molar-refractivity contribution in [3.63, 3.8) is 0 Å². The smallest absolute Gasteiger partial charge is 0.228 e. The van der Waals surface area contributed by atoms with E-state index in [9.17, 15) is 14.0 Å². The molecule has 1 atom stereocenters. The number of carbonyl (C=O) groups excluding carboxylic acids is 2. The Labute approximate surface area is 189 Å². The van der Waals surface area contributed by atoms with Crippen molar-refractivity contribution in [1.29, 1.82) is 0 Å². The minimum absolute atomic E-state index is 0.0432. The summed E-state index contributed by atoms with van der Waals surface area (Å²) in [6.45, 7) is 5.18. The number of nitrogens with zero attached hydrogens (tertiary/aromatic N) is 3. The standard InChI is InChI=1S/C25H31FN4O2/c26-21-8-10-23(11-9-21)29-15-17-30(18-16-29)24(31)12-14-28-13-4-5-20(19-28)25(32)27-22-6-2-1-3-7-22/h1-3,6-11,20H,4-5,12-19H2,(H,27,32). The summed E-state index contributed by atoms with van der Waals surface area (Å²) in [5.41, 5.74) is 1.82. The van der Waals surface area contributed by atoms with Gasteiger partial charge < -0.3 is 20.0 Å². The first-order valence-corrected chi connectivity index (χ1v) is 11.4. The van der Waals surface area contributed by atoms with E-state index in [2.05, 4.69) is 15.1 Å². The van der Waals surface area contributed by atoms with Crippen LogP contribution in [0, 0.1) is 11.7 Å². The SMILES string of the molecule is O=C(Nc1ccccc1)C1CCCN(CCC(=O)N2CCN(c3ccc(F)cc3)CC2)C1.